The first-order valence-corrected chi connectivity index (χ1v) is 7.66. The topological polar surface area (TPSA) is 83.5 Å². The molecule has 0 radical (unpaired) electrons. The van der Waals surface area contributed by atoms with Crippen LogP contribution in [0.5, 0.6) is 0 Å². The van der Waals surface area contributed by atoms with Crippen LogP contribution in [0.2, 0.25) is 0 Å². The quantitative estimate of drug-likeness (QED) is 0.786. The number of benzene rings is 1. The smallest absolute Gasteiger partial charge is 0.337 e. The van der Waals surface area contributed by atoms with Crippen molar-refractivity contribution in [1.82, 2.24) is 0 Å². The first-order valence-electron chi connectivity index (χ1n) is 5.10. The van der Waals surface area contributed by atoms with Crippen molar-refractivity contribution in [1.29, 1.82) is 0 Å². The van der Waals surface area contributed by atoms with E-state index in [2.05, 4.69) is 4.72 Å². The second-order valence-corrected chi connectivity index (χ2v) is 8.39. The number of carboxylic acids is 1. The van der Waals surface area contributed by atoms with Crippen LogP contribution in [0.25, 0.3) is 0 Å². The van der Waals surface area contributed by atoms with Crippen LogP contribution in [0.1, 0.15) is 31.1 Å². The second kappa shape index (κ2) is 5.04. The highest BCUT2D eigenvalue weighted by Gasteiger charge is 2.30. The molecular weight excluding hydrogens is 369 g/mol. The van der Waals surface area contributed by atoms with Gasteiger partial charge in [-0.1, -0.05) is 0 Å². The summed E-state index contributed by atoms with van der Waals surface area (Å²) in [4.78, 5) is 11.1. The van der Waals surface area contributed by atoms with E-state index in [4.69, 9.17) is 5.11 Å². The molecule has 18 heavy (non-hydrogen) atoms. The molecule has 0 aliphatic heterocycles. The zero-order chi connectivity index (χ0) is 14.1. The fourth-order valence-corrected chi connectivity index (χ4v) is 2.35. The monoisotopic (exact) mass is 383 g/mol. The van der Waals surface area contributed by atoms with Gasteiger partial charge in [0.05, 0.1) is 16.0 Å². The molecule has 0 bridgehead atoms. The Labute approximate surface area is 120 Å². The first-order chi connectivity index (χ1) is 8.04. The summed E-state index contributed by atoms with van der Waals surface area (Å²) in [5.41, 5.74) is 0.0209. The number of anilines is 1. The molecule has 1 aromatic rings. The lowest BCUT2D eigenvalue weighted by molar-refractivity contribution is 0.0698. The van der Waals surface area contributed by atoms with Crippen molar-refractivity contribution in [3.63, 3.8) is 0 Å². The third kappa shape index (κ3) is 3.35. The van der Waals surface area contributed by atoms with Crippen molar-refractivity contribution in [2.75, 3.05) is 4.72 Å². The molecule has 0 aliphatic carbocycles. The maximum absolute atomic E-state index is 12.0. The number of rotatable bonds is 3. The van der Waals surface area contributed by atoms with E-state index in [9.17, 15) is 13.2 Å². The average Bonchev–Trinajstić information content (AvgIpc) is 2.18. The summed E-state index contributed by atoms with van der Waals surface area (Å²) in [6.45, 7) is 4.63. The molecule has 0 saturated heterocycles. The number of sulfonamides is 1. The lowest BCUT2D eigenvalue weighted by atomic mass is 10.2. The molecule has 0 atom stereocenters. The van der Waals surface area contributed by atoms with Crippen molar-refractivity contribution in [3.8, 4) is 0 Å². The summed E-state index contributed by atoms with van der Waals surface area (Å²) >= 11 is 1.97. The van der Waals surface area contributed by atoms with E-state index in [0.717, 1.165) is 3.57 Å². The minimum Gasteiger partial charge on any atom is -0.478 e. The Balaban J connectivity index is 3.25. The standard InChI is InChI=1S/C11H14INO4S/c1-11(2,3)18(16,17)13-9-5-4-7(12)6-8(9)10(14)15/h4-6,13H,1-3H3,(H,14,15). The van der Waals surface area contributed by atoms with Gasteiger partial charge in [-0.2, -0.15) is 0 Å². The molecular formula is C11H14INO4S. The Kier molecular flexibility index (Phi) is 4.26. The van der Waals surface area contributed by atoms with Gasteiger partial charge < -0.3 is 5.11 Å². The van der Waals surface area contributed by atoms with E-state index in [1.807, 2.05) is 22.6 Å². The Bertz CT molecular complexity index is 575. The number of hydrogen-bond acceptors (Lipinski definition) is 3. The molecule has 5 nitrogen and oxygen atoms in total. The Morgan fingerprint density at radius 3 is 2.33 bits per heavy atom. The number of hydrogen-bond donors (Lipinski definition) is 2. The third-order valence-corrected chi connectivity index (χ3v) is 5.03. The summed E-state index contributed by atoms with van der Waals surface area (Å²) in [5.74, 6) is -1.17. The summed E-state index contributed by atoms with van der Waals surface area (Å²) < 4.78 is 26.0. The zero-order valence-electron chi connectivity index (χ0n) is 10.2. The van der Waals surface area contributed by atoms with Gasteiger partial charge in [0.1, 0.15) is 0 Å². The Morgan fingerprint density at radius 1 is 1.33 bits per heavy atom. The molecule has 7 heteroatoms. The molecule has 0 aromatic heterocycles. The molecule has 0 saturated carbocycles. The predicted octanol–water partition coefficient (Wildman–Crippen LogP) is 2.53. The molecule has 2 N–H and O–H groups in total. The van der Waals surface area contributed by atoms with Crippen LogP contribution in [0.4, 0.5) is 5.69 Å². The van der Waals surface area contributed by atoms with Gasteiger partial charge in [-0.05, 0) is 61.6 Å². The van der Waals surface area contributed by atoms with Gasteiger partial charge in [-0.3, -0.25) is 4.72 Å². The van der Waals surface area contributed by atoms with Crippen molar-refractivity contribution >= 4 is 44.3 Å². The highest BCUT2D eigenvalue weighted by molar-refractivity contribution is 14.1. The molecule has 0 fully saturated rings. The predicted molar refractivity (Wildman–Crippen MR) is 78.4 cm³/mol. The maximum Gasteiger partial charge on any atom is 0.337 e. The van der Waals surface area contributed by atoms with Gasteiger partial charge in [-0.15, -0.1) is 0 Å². The van der Waals surface area contributed by atoms with Gasteiger partial charge in [0.25, 0.3) is 0 Å². The van der Waals surface area contributed by atoms with Crippen molar-refractivity contribution in [3.05, 3.63) is 27.3 Å². The summed E-state index contributed by atoms with van der Waals surface area (Å²) in [6, 6.07) is 4.52. The first kappa shape index (κ1) is 15.2. The fraction of sp³-hybridized carbons (Fsp3) is 0.364. The van der Waals surface area contributed by atoms with Crippen molar-refractivity contribution in [2.45, 2.75) is 25.5 Å². The summed E-state index contributed by atoms with van der Waals surface area (Å²) in [5, 5.41) is 9.05. The van der Waals surface area contributed by atoms with Crippen LogP contribution >= 0.6 is 22.6 Å². The largest absolute Gasteiger partial charge is 0.478 e. The van der Waals surface area contributed by atoms with Gasteiger partial charge in [0.15, 0.2) is 0 Å². The molecule has 0 heterocycles. The minimum absolute atomic E-state index is 0.0604. The van der Waals surface area contributed by atoms with Crippen molar-refractivity contribution in [2.24, 2.45) is 0 Å². The van der Waals surface area contributed by atoms with Crippen LogP contribution in [0.3, 0.4) is 0 Å². The van der Waals surface area contributed by atoms with E-state index < -0.39 is 20.7 Å². The summed E-state index contributed by atoms with van der Waals surface area (Å²) in [7, 11) is -3.64. The third-order valence-electron chi connectivity index (χ3n) is 2.26. The Morgan fingerprint density at radius 2 is 1.89 bits per heavy atom. The fourth-order valence-electron chi connectivity index (χ4n) is 1.08. The number of aromatic carboxylic acids is 1. The Hall–Kier alpha value is -0.830. The molecule has 1 rings (SSSR count). The number of halogens is 1. The van der Waals surface area contributed by atoms with Gasteiger partial charge in [0.2, 0.25) is 10.0 Å². The lowest BCUT2D eigenvalue weighted by Crippen LogP contribution is -2.34. The van der Waals surface area contributed by atoms with Gasteiger partial charge in [0, 0.05) is 3.57 Å². The SMILES string of the molecule is CC(C)(C)S(=O)(=O)Nc1ccc(I)cc1C(=O)O. The second-order valence-electron chi connectivity index (χ2n) is 4.71. The van der Waals surface area contributed by atoms with Crippen LogP contribution in [0.15, 0.2) is 18.2 Å². The molecule has 0 aliphatic rings. The van der Waals surface area contributed by atoms with E-state index >= 15 is 0 Å². The highest BCUT2D eigenvalue weighted by Crippen LogP contribution is 2.24. The molecule has 0 amide bonds. The number of carbonyl (C=O) groups is 1. The minimum atomic E-state index is -3.64. The van der Waals surface area contributed by atoms with Gasteiger partial charge >= 0.3 is 5.97 Å². The molecule has 0 unspecified atom stereocenters. The van der Waals surface area contributed by atoms with Crippen LogP contribution in [-0.2, 0) is 10.0 Å². The van der Waals surface area contributed by atoms with E-state index in [0.29, 0.717) is 0 Å². The number of nitrogens with one attached hydrogen (secondary N) is 1. The molecule has 1 aromatic carbocycles. The van der Waals surface area contributed by atoms with E-state index in [-0.39, 0.29) is 11.3 Å². The van der Waals surface area contributed by atoms with Crippen LogP contribution in [-0.4, -0.2) is 24.2 Å². The molecule has 0 spiro atoms. The van der Waals surface area contributed by atoms with Crippen molar-refractivity contribution < 1.29 is 18.3 Å². The van der Waals surface area contributed by atoms with Crippen LogP contribution < -0.4 is 4.72 Å². The van der Waals surface area contributed by atoms with E-state index in [1.54, 1.807) is 26.8 Å². The average molecular weight is 383 g/mol. The number of carboxylic acid groups (broad SMARTS) is 1. The van der Waals surface area contributed by atoms with Crippen LogP contribution in [0, 0.1) is 3.57 Å². The van der Waals surface area contributed by atoms with E-state index in [1.165, 1.54) is 12.1 Å². The normalized spacial score (nSPS) is 12.2. The maximum atomic E-state index is 12.0. The molecule has 100 valence electrons. The highest BCUT2D eigenvalue weighted by atomic mass is 127. The zero-order valence-corrected chi connectivity index (χ0v) is 13.2. The van der Waals surface area contributed by atoms with Gasteiger partial charge in [-0.25, -0.2) is 13.2 Å². The lowest BCUT2D eigenvalue weighted by Gasteiger charge is -2.21. The summed E-state index contributed by atoms with van der Waals surface area (Å²) in [6.07, 6.45) is 0.